The van der Waals surface area contributed by atoms with E-state index in [1.807, 2.05) is 26.0 Å². The highest BCUT2D eigenvalue weighted by atomic mass is 16.5. The van der Waals surface area contributed by atoms with Gasteiger partial charge in [-0.05, 0) is 38.4 Å². The average Bonchev–Trinajstić information content (AvgIpc) is 2.96. The fourth-order valence-corrected chi connectivity index (χ4v) is 2.82. The van der Waals surface area contributed by atoms with Gasteiger partial charge in [0.25, 0.3) is 0 Å². The Bertz CT molecular complexity index is 724. The largest absolute Gasteiger partial charge is 0.492 e. The van der Waals surface area contributed by atoms with Crippen molar-refractivity contribution in [2.45, 2.75) is 26.7 Å². The second-order valence-corrected chi connectivity index (χ2v) is 5.28. The quantitative estimate of drug-likeness (QED) is 0.787. The maximum atomic E-state index is 5.90. The van der Waals surface area contributed by atoms with Crippen LogP contribution in [0.5, 0.6) is 5.75 Å². The average molecular weight is 273 g/mol. The smallest absolute Gasteiger partial charge is 0.177 e. The molecule has 0 fully saturated rings. The van der Waals surface area contributed by atoms with Gasteiger partial charge in [0.1, 0.15) is 17.1 Å². The summed E-state index contributed by atoms with van der Waals surface area (Å²) < 4.78 is 17.3. The lowest BCUT2D eigenvalue weighted by molar-refractivity contribution is 0.413. The molecule has 106 valence electrons. The number of rotatable bonds is 3. The zero-order valence-corrected chi connectivity index (χ0v) is 12.2. The summed E-state index contributed by atoms with van der Waals surface area (Å²) in [6, 6.07) is 4.01. The van der Waals surface area contributed by atoms with Gasteiger partial charge in [0.05, 0.1) is 12.5 Å². The lowest BCUT2D eigenvalue weighted by atomic mass is 9.95. The van der Waals surface area contributed by atoms with Crippen LogP contribution in [0.2, 0.25) is 0 Å². The Balaban J connectivity index is 2.54. The molecule has 0 saturated heterocycles. The summed E-state index contributed by atoms with van der Waals surface area (Å²) >= 11 is 0. The van der Waals surface area contributed by atoms with Crippen LogP contribution in [-0.2, 0) is 0 Å². The minimum absolute atomic E-state index is 0.188. The molecule has 2 heterocycles. The van der Waals surface area contributed by atoms with Gasteiger partial charge in [-0.2, -0.15) is 0 Å². The molecule has 3 aromatic rings. The van der Waals surface area contributed by atoms with Gasteiger partial charge < -0.3 is 19.3 Å². The van der Waals surface area contributed by atoms with E-state index in [0.717, 1.165) is 44.8 Å². The van der Waals surface area contributed by atoms with Crippen LogP contribution in [0.4, 0.5) is 0 Å². The van der Waals surface area contributed by atoms with Crippen LogP contribution in [0, 0.1) is 13.8 Å². The molecule has 2 aromatic heterocycles. The molecule has 2 N–H and O–H groups in total. The van der Waals surface area contributed by atoms with E-state index in [1.54, 1.807) is 7.11 Å². The van der Waals surface area contributed by atoms with Crippen molar-refractivity contribution in [2.24, 2.45) is 5.73 Å². The molecule has 1 unspecified atom stereocenters. The van der Waals surface area contributed by atoms with Gasteiger partial charge in [-0.1, -0.05) is 6.92 Å². The van der Waals surface area contributed by atoms with Gasteiger partial charge in [0, 0.05) is 10.9 Å². The topological polar surface area (TPSA) is 61.5 Å². The molecule has 1 aromatic carbocycles. The Hall–Kier alpha value is -1.94. The molecule has 4 nitrogen and oxygen atoms in total. The van der Waals surface area contributed by atoms with E-state index in [2.05, 4.69) is 6.92 Å². The van der Waals surface area contributed by atoms with Crippen molar-refractivity contribution >= 4 is 21.9 Å². The molecule has 3 rings (SSSR count). The third-order valence-corrected chi connectivity index (χ3v) is 3.75. The van der Waals surface area contributed by atoms with E-state index < -0.39 is 0 Å². The first-order valence-corrected chi connectivity index (χ1v) is 6.77. The summed E-state index contributed by atoms with van der Waals surface area (Å²) in [5, 5.41) is 1.97. The summed E-state index contributed by atoms with van der Waals surface area (Å²) in [5.41, 5.74) is 8.59. The van der Waals surface area contributed by atoms with Crippen LogP contribution in [0.25, 0.3) is 21.9 Å². The normalized spacial score (nSPS) is 13.2. The summed E-state index contributed by atoms with van der Waals surface area (Å²) in [4.78, 5) is 0. The van der Waals surface area contributed by atoms with Crippen molar-refractivity contribution in [2.75, 3.05) is 13.7 Å². The SMILES string of the molecule is COc1c2cc(C)oc2c(C(C)CN)c2cc(C)oc12. The van der Waals surface area contributed by atoms with Gasteiger partial charge in [-0.25, -0.2) is 0 Å². The molecule has 20 heavy (non-hydrogen) atoms. The summed E-state index contributed by atoms with van der Waals surface area (Å²) in [6.07, 6.45) is 0. The van der Waals surface area contributed by atoms with Gasteiger partial charge in [-0.3, -0.25) is 0 Å². The van der Waals surface area contributed by atoms with Gasteiger partial charge in [0.2, 0.25) is 0 Å². The maximum Gasteiger partial charge on any atom is 0.177 e. The molecule has 0 bridgehead atoms. The molecule has 0 saturated carbocycles. The number of ether oxygens (including phenoxy) is 1. The van der Waals surface area contributed by atoms with Crippen LogP contribution >= 0.6 is 0 Å². The number of hydrogen-bond donors (Lipinski definition) is 1. The van der Waals surface area contributed by atoms with Crippen molar-refractivity contribution in [3.63, 3.8) is 0 Å². The van der Waals surface area contributed by atoms with Gasteiger partial charge in [0.15, 0.2) is 11.3 Å². The highest BCUT2D eigenvalue weighted by molar-refractivity contribution is 6.05. The molecular formula is C16H19NO3. The second kappa shape index (κ2) is 4.56. The summed E-state index contributed by atoms with van der Waals surface area (Å²) in [6.45, 7) is 6.52. The minimum Gasteiger partial charge on any atom is -0.492 e. The Morgan fingerprint density at radius 3 is 2.30 bits per heavy atom. The Labute approximate surface area is 117 Å². The molecule has 0 spiro atoms. The first kappa shape index (κ1) is 13.1. The Kier molecular flexibility index (Phi) is 2.98. The summed E-state index contributed by atoms with van der Waals surface area (Å²) in [7, 11) is 1.65. The van der Waals surface area contributed by atoms with Crippen LogP contribution in [0.1, 0.15) is 29.9 Å². The van der Waals surface area contributed by atoms with E-state index in [-0.39, 0.29) is 5.92 Å². The van der Waals surface area contributed by atoms with Crippen molar-refractivity contribution in [3.05, 3.63) is 29.2 Å². The van der Waals surface area contributed by atoms with Crippen molar-refractivity contribution in [1.82, 2.24) is 0 Å². The number of nitrogens with two attached hydrogens (primary N) is 1. The molecule has 0 aliphatic carbocycles. The monoisotopic (exact) mass is 273 g/mol. The number of hydrogen-bond acceptors (Lipinski definition) is 4. The van der Waals surface area contributed by atoms with Crippen molar-refractivity contribution in [3.8, 4) is 5.75 Å². The first-order chi connectivity index (χ1) is 9.56. The zero-order valence-electron chi connectivity index (χ0n) is 12.2. The number of methoxy groups -OCH3 is 1. The molecule has 0 amide bonds. The van der Waals surface area contributed by atoms with Crippen LogP contribution in [0.3, 0.4) is 0 Å². The highest BCUT2D eigenvalue weighted by Gasteiger charge is 2.23. The number of aryl methyl sites for hydroxylation is 2. The van der Waals surface area contributed by atoms with E-state index in [1.165, 1.54) is 0 Å². The minimum atomic E-state index is 0.188. The Morgan fingerprint density at radius 2 is 1.70 bits per heavy atom. The molecule has 1 atom stereocenters. The molecule has 4 heteroatoms. The van der Waals surface area contributed by atoms with Gasteiger partial charge in [-0.15, -0.1) is 0 Å². The zero-order chi connectivity index (χ0) is 14.4. The third kappa shape index (κ3) is 1.72. The fraction of sp³-hybridized carbons (Fsp3) is 0.375. The predicted molar refractivity (Wildman–Crippen MR) is 79.5 cm³/mol. The fourth-order valence-electron chi connectivity index (χ4n) is 2.82. The predicted octanol–water partition coefficient (Wildman–Crippen LogP) is 3.87. The van der Waals surface area contributed by atoms with E-state index in [4.69, 9.17) is 19.3 Å². The molecule has 0 aliphatic heterocycles. The van der Waals surface area contributed by atoms with Crippen molar-refractivity contribution < 1.29 is 13.6 Å². The highest BCUT2D eigenvalue weighted by Crippen LogP contribution is 2.43. The van der Waals surface area contributed by atoms with Crippen LogP contribution in [0.15, 0.2) is 21.0 Å². The lowest BCUT2D eigenvalue weighted by Crippen LogP contribution is -2.09. The van der Waals surface area contributed by atoms with Crippen LogP contribution < -0.4 is 10.5 Å². The molecule has 0 radical (unpaired) electrons. The van der Waals surface area contributed by atoms with Gasteiger partial charge >= 0.3 is 0 Å². The summed E-state index contributed by atoms with van der Waals surface area (Å²) in [5.74, 6) is 2.63. The second-order valence-electron chi connectivity index (χ2n) is 5.28. The Morgan fingerprint density at radius 1 is 1.10 bits per heavy atom. The van der Waals surface area contributed by atoms with Crippen LogP contribution in [-0.4, -0.2) is 13.7 Å². The van der Waals surface area contributed by atoms with E-state index in [9.17, 15) is 0 Å². The van der Waals surface area contributed by atoms with E-state index in [0.29, 0.717) is 6.54 Å². The molecular weight excluding hydrogens is 254 g/mol. The number of furan rings is 2. The first-order valence-electron chi connectivity index (χ1n) is 6.77. The van der Waals surface area contributed by atoms with Crippen molar-refractivity contribution in [1.29, 1.82) is 0 Å². The molecule has 0 aliphatic rings. The number of benzene rings is 1. The number of fused-ring (bicyclic) bond motifs is 2. The standard InChI is InChI=1S/C16H19NO3/c1-8(7-17)13-11-5-9(2)20-16(11)15(18-4)12-6-10(3)19-14(12)13/h5-6,8H,7,17H2,1-4H3. The van der Waals surface area contributed by atoms with E-state index >= 15 is 0 Å². The maximum absolute atomic E-state index is 5.90. The third-order valence-electron chi connectivity index (χ3n) is 3.75. The lowest BCUT2D eigenvalue weighted by Gasteiger charge is -2.13.